The number of benzene rings is 2. The van der Waals surface area contributed by atoms with E-state index in [0.717, 1.165) is 6.54 Å². The summed E-state index contributed by atoms with van der Waals surface area (Å²) in [4.78, 5) is 13.7. The molecule has 1 N–H and O–H groups in total. The van der Waals surface area contributed by atoms with Crippen LogP contribution in [-0.4, -0.2) is 44.7 Å². The normalized spacial score (nSPS) is 11.5. The number of anilines is 1. The summed E-state index contributed by atoms with van der Waals surface area (Å²) in [6.07, 6.45) is 0. The molecule has 0 aliphatic carbocycles. The maximum absolute atomic E-state index is 11.7. The van der Waals surface area contributed by atoms with Gasteiger partial charge in [-0.25, -0.2) is 0 Å². The standard InChI is InChI=1S/C21H25N3O4/c1-4-27-19-13-16(7-10-18(19)28-12-11-24(2)3)20(21(25)26)23-17-8-5-15(14-22)6-9-17/h5-10,13,20,23H,4,11-12H2,1-3H3,(H,25,26)/p-1. The number of ether oxygens (including phenoxy) is 2. The van der Waals surface area contributed by atoms with E-state index in [1.54, 1.807) is 42.5 Å². The Bertz CT molecular complexity index is 829. The molecule has 2 aromatic carbocycles. The first kappa shape index (κ1) is 21.1. The summed E-state index contributed by atoms with van der Waals surface area (Å²) in [6, 6.07) is 12.5. The van der Waals surface area contributed by atoms with Crippen LogP contribution in [0, 0.1) is 11.3 Å². The van der Waals surface area contributed by atoms with Crippen molar-refractivity contribution in [3.05, 3.63) is 53.6 Å². The van der Waals surface area contributed by atoms with E-state index in [2.05, 4.69) is 5.32 Å². The molecule has 0 fully saturated rings. The van der Waals surface area contributed by atoms with E-state index < -0.39 is 12.0 Å². The van der Waals surface area contributed by atoms with Gasteiger partial charge in [-0.15, -0.1) is 0 Å². The SMILES string of the molecule is CCOc1cc(C(Nc2ccc(C#N)cc2)C(=O)[O-])ccc1OCCN(C)C. The maximum Gasteiger partial charge on any atom is 0.161 e. The Morgan fingerprint density at radius 2 is 1.89 bits per heavy atom. The number of nitrogens with zero attached hydrogens (tertiary/aromatic N) is 2. The van der Waals surface area contributed by atoms with Gasteiger partial charge in [-0.1, -0.05) is 6.07 Å². The third-order valence-electron chi connectivity index (χ3n) is 3.96. The van der Waals surface area contributed by atoms with E-state index in [0.29, 0.717) is 41.5 Å². The van der Waals surface area contributed by atoms with Crippen molar-refractivity contribution in [2.75, 3.05) is 39.2 Å². The highest BCUT2D eigenvalue weighted by atomic mass is 16.5. The summed E-state index contributed by atoms with van der Waals surface area (Å²) in [7, 11) is 3.91. The molecule has 1 unspecified atom stereocenters. The maximum atomic E-state index is 11.7. The monoisotopic (exact) mass is 382 g/mol. The Morgan fingerprint density at radius 1 is 1.18 bits per heavy atom. The highest BCUT2D eigenvalue weighted by Gasteiger charge is 2.16. The van der Waals surface area contributed by atoms with E-state index in [-0.39, 0.29) is 0 Å². The molecule has 0 radical (unpaired) electrons. The number of carbonyl (C=O) groups is 1. The average Bonchev–Trinajstić information content (AvgIpc) is 2.67. The molecule has 0 amide bonds. The van der Waals surface area contributed by atoms with Crippen LogP contribution in [0.3, 0.4) is 0 Å². The number of nitrogens with one attached hydrogen (secondary N) is 1. The van der Waals surface area contributed by atoms with Gasteiger partial charge in [0.15, 0.2) is 11.5 Å². The smallest absolute Gasteiger partial charge is 0.161 e. The molecule has 2 aromatic rings. The second-order valence-corrected chi connectivity index (χ2v) is 6.38. The lowest BCUT2D eigenvalue weighted by Gasteiger charge is -2.23. The molecule has 2 rings (SSSR count). The molecule has 0 saturated heterocycles. The Hall–Kier alpha value is -3.24. The fraction of sp³-hybridized carbons (Fsp3) is 0.333. The van der Waals surface area contributed by atoms with Gasteiger partial charge in [0.25, 0.3) is 0 Å². The molecule has 1 atom stereocenters. The Kier molecular flexibility index (Phi) is 7.66. The summed E-state index contributed by atoms with van der Waals surface area (Å²) in [5.41, 5.74) is 1.54. The second kappa shape index (κ2) is 10.2. The molecule has 0 aliphatic heterocycles. The number of likely N-dealkylation sites (N-methyl/N-ethyl adjacent to an activating group) is 1. The lowest BCUT2D eigenvalue weighted by molar-refractivity contribution is -0.307. The number of carbonyl (C=O) groups excluding carboxylic acids is 1. The number of hydrogen-bond donors (Lipinski definition) is 1. The Labute approximate surface area is 165 Å². The minimum absolute atomic E-state index is 0.423. The van der Waals surface area contributed by atoms with E-state index >= 15 is 0 Å². The minimum Gasteiger partial charge on any atom is -0.548 e. The zero-order valence-electron chi connectivity index (χ0n) is 16.3. The lowest BCUT2D eigenvalue weighted by Crippen LogP contribution is -2.34. The molecule has 0 aliphatic rings. The van der Waals surface area contributed by atoms with Crippen molar-refractivity contribution >= 4 is 11.7 Å². The molecular weight excluding hydrogens is 358 g/mol. The molecule has 148 valence electrons. The Balaban J connectivity index is 2.23. The van der Waals surface area contributed by atoms with Gasteiger partial charge in [-0.05, 0) is 63.0 Å². The molecule has 7 nitrogen and oxygen atoms in total. The number of aliphatic carboxylic acids is 1. The molecule has 0 saturated carbocycles. The molecule has 0 aromatic heterocycles. The van der Waals surface area contributed by atoms with Gasteiger partial charge in [0, 0.05) is 12.2 Å². The molecule has 7 heteroatoms. The molecule has 28 heavy (non-hydrogen) atoms. The van der Waals surface area contributed by atoms with E-state index in [9.17, 15) is 9.90 Å². The van der Waals surface area contributed by atoms with Crippen molar-refractivity contribution in [3.63, 3.8) is 0 Å². The van der Waals surface area contributed by atoms with Gasteiger partial charge >= 0.3 is 0 Å². The highest BCUT2D eigenvalue weighted by Crippen LogP contribution is 2.32. The minimum atomic E-state index is -1.27. The lowest BCUT2D eigenvalue weighted by atomic mass is 10.1. The van der Waals surface area contributed by atoms with Crippen molar-refractivity contribution in [1.82, 2.24) is 4.90 Å². The average molecular weight is 382 g/mol. The van der Waals surface area contributed by atoms with Crippen LogP contribution in [0.4, 0.5) is 5.69 Å². The summed E-state index contributed by atoms with van der Waals surface area (Å²) < 4.78 is 11.4. The quantitative estimate of drug-likeness (QED) is 0.669. The number of hydrogen-bond acceptors (Lipinski definition) is 7. The van der Waals surface area contributed by atoms with Gasteiger partial charge < -0.3 is 29.6 Å². The zero-order valence-corrected chi connectivity index (χ0v) is 16.3. The number of carboxylic acid groups (broad SMARTS) is 1. The van der Waals surface area contributed by atoms with E-state index in [1.807, 2.05) is 32.0 Å². The summed E-state index contributed by atoms with van der Waals surface area (Å²) >= 11 is 0. The van der Waals surface area contributed by atoms with Crippen LogP contribution in [0.25, 0.3) is 0 Å². The van der Waals surface area contributed by atoms with Crippen LogP contribution in [0.5, 0.6) is 11.5 Å². The highest BCUT2D eigenvalue weighted by molar-refractivity contribution is 5.78. The van der Waals surface area contributed by atoms with E-state index in [4.69, 9.17) is 14.7 Å². The third-order valence-corrected chi connectivity index (χ3v) is 3.96. The van der Waals surface area contributed by atoms with Crippen LogP contribution in [-0.2, 0) is 4.79 Å². The van der Waals surface area contributed by atoms with Crippen LogP contribution in [0.2, 0.25) is 0 Å². The summed E-state index contributed by atoms with van der Waals surface area (Å²) in [6.45, 7) is 3.50. The van der Waals surface area contributed by atoms with Gasteiger partial charge in [-0.3, -0.25) is 0 Å². The predicted octanol–water partition coefficient (Wildman–Crippen LogP) is 1.80. The largest absolute Gasteiger partial charge is 0.548 e. The zero-order chi connectivity index (χ0) is 20.5. The van der Waals surface area contributed by atoms with Gasteiger partial charge in [0.1, 0.15) is 6.61 Å². The van der Waals surface area contributed by atoms with Crippen molar-refractivity contribution in [2.45, 2.75) is 13.0 Å². The van der Waals surface area contributed by atoms with Crippen LogP contribution in [0.15, 0.2) is 42.5 Å². The first-order valence-corrected chi connectivity index (χ1v) is 8.96. The summed E-state index contributed by atoms with van der Waals surface area (Å²) in [5.74, 6) is -0.234. The number of rotatable bonds is 10. The van der Waals surface area contributed by atoms with Crippen LogP contribution < -0.4 is 19.9 Å². The van der Waals surface area contributed by atoms with Crippen molar-refractivity contribution in [3.8, 4) is 17.6 Å². The van der Waals surface area contributed by atoms with Crippen molar-refractivity contribution < 1.29 is 19.4 Å². The predicted molar refractivity (Wildman–Crippen MR) is 104 cm³/mol. The molecule has 0 heterocycles. The van der Waals surface area contributed by atoms with Gasteiger partial charge in [-0.2, -0.15) is 5.26 Å². The third kappa shape index (κ3) is 5.89. The van der Waals surface area contributed by atoms with Crippen LogP contribution in [0.1, 0.15) is 24.1 Å². The number of carboxylic acids is 1. The van der Waals surface area contributed by atoms with Gasteiger partial charge in [0.2, 0.25) is 0 Å². The molecule has 0 bridgehead atoms. The van der Waals surface area contributed by atoms with Crippen molar-refractivity contribution in [2.24, 2.45) is 0 Å². The second-order valence-electron chi connectivity index (χ2n) is 6.38. The first-order chi connectivity index (χ1) is 13.4. The topological polar surface area (TPSA) is 97.6 Å². The fourth-order valence-electron chi connectivity index (χ4n) is 2.52. The Morgan fingerprint density at radius 3 is 2.46 bits per heavy atom. The van der Waals surface area contributed by atoms with E-state index in [1.165, 1.54) is 0 Å². The van der Waals surface area contributed by atoms with Gasteiger partial charge in [0.05, 0.1) is 30.3 Å². The fourth-order valence-corrected chi connectivity index (χ4v) is 2.52. The molecule has 0 spiro atoms. The van der Waals surface area contributed by atoms with Crippen molar-refractivity contribution in [1.29, 1.82) is 5.26 Å². The van der Waals surface area contributed by atoms with Crippen LogP contribution >= 0.6 is 0 Å². The molecular formula is C21H24N3O4-. The summed E-state index contributed by atoms with van der Waals surface area (Å²) in [5, 5.41) is 23.5. The first-order valence-electron chi connectivity index (χ1n) is 8.96. The number of nitriles is 1.